The van der Waals surface area contributed by atoms with E-state index < -0.39 is 0 Å². The van der Waals surface area contributed by atoms with Gasteiger partial charge < -0.3 is 10.3 Å². The smallest absolute Gasteiger partial charge is 0.191 e. The van der Waals surface area contributed by atoms with E-state index in [4.69, 9.17) is 12.2 Å². The van der Waals surface area contributed by atoms with Crippen LogP contribution in [0.15, 0.2) is 53.6 Å². The summed E-state index contributed by atoms with van der Waals surface area (Å²) in [5.74, 6) is 0.730. The van der Waals surface area contributed by atoms with Crippen LogP contribution in [0.2, 0.25) is 0 Å². The molecule has 1 aromatic heterocycles. The lowest BCUT2D eigenvalue weighted by atomic mass is 9.83. The number of aromatic nitrogens is 1. The van der Waals surface area contributed by atoms with Gasteiger partial charge in [-0.3, -0.25) is 5.43 Å². The molecule has 30 heavy (non-hydrogen) atoms. The number of para-hydroxylation sites is 1. The molecule has 0 saturated heterocycles. The first-order valence-corrected chi connectivity index (χ1v) is 11.5. The summed E-state index contributed by atoms with van der Waals surface area (Å²) in [5.41, 5.74) is 10.4. The number of hydrogen-bond acceptors (Lipinski definition) is 2. The Kier molecular flexibility index (Phi) is 5.54. The summed E-state index contributed by atoms with van der Waals surface area (Å²) in [6.45, 7) is 0. The molecule has 0 unspecified atom stereocenters. The SMILES string of the molecule is S=C(NN=C1CCCc2c1[nH]c1ccc(C3CCCCC3)cc21)Nc1ccccc1. The largest absolute Gasteiger partial charge is 0.353 e. The summed E-state index contributed by atoms with van der Waals surface area (Å²) in [5, 5.41) is 9.73. The number of hydrazone groups is 1. The van der Waals surface area contributed by atoms with Crippen molar-refractivity contribution in [2.45, 2.75) is 57.3 Å². The summed E-state index contributed by atoms with van der Waals surface area (Å²) < 4.78 is 0. The summed E-state index contributed by atoms with van der Waals surface area (Å²) in [7, 11) is 0. The molecule has 2 aromatic carbocycles. The van der Waals surface area contributed by atoms with E-state index >= 15 is 0 Å². The van der Waals surface area contributed by atoms with E-state index in [1.54, 1.807) is 0 Å². The number of hydrogen-bond donors (Lipinski definition) is 3. The topological polar surface area (TPSA) is 52.2 Å². The summed E-state index contributed by atoms with van der Waals surface area (Å²) in [4.78, 5) is 3.64. The highest BCUT2D eigenvalue weighted by atomic mass is 32.1. The fraction of sp³-hybridized carbons (Fsp3) is 0.360. The molecule has 3 aromatic rings. The zero-order valence-corrected chi connectivity index (χ0v) is 18.0. The molecule has 1 fully saturated rings. The number of benzene rings is 2. The maximum Gasteiger partial charge on any atom is 0.191 e. The molecule has 154 valence electrons. The lowest BCUT2D eigenvalue weighted by Crippen LogP contribution is -2.26. The Labute approximate surface area is 183 Å². The molecule has 1 heterocycles. The highest BCUT2D eigenvalue weighted by Crippen LogP contribution is 2.36. The lowest BCUT2D eigenvalue weighted by Gasteiger charge is -2.22. The predicted octanol–water partition coefficient (Wildman–Crippen LogP) is 6.24. The van der Waals surface area contributed by atoms with E-state index in [0.29, 0.717) is 5.11 Å². The molecule has 1 saturated carbocycles. The Bertz CT molecular complexity index is 1080. The fourth-order valence-electron chi connectivity index (χ4n) is 4.93. The van der Waals surface area contributed by atoms with Crippen LogP contribution in [-0.4, -0.2) is 15.8 Å². The van der Waals surface area contributed by atoms with Crippen LogP contribution in [0.1, 0.15) is 67.7 Å². The first-order chi connectivity index (χ1) is 14.8. The zero-order chi connectivity index (χ0) is 20.3. The van der Waals surface area contributed by atoms with E-state index in [-0.39, 0.29) is 0 Å². The maximum absolute atomic E-state index is 5.42. The molecule has 0 radical (unpaired) electrons. The van der Waals surface area contributed by atoms with Crippen LogP contribution in [0.5, 0.6) is 0 Å². The molecular weight excluding hydrogens is 388 g/mol. The molecule has 3 N–H and O–H groups in total. The van der Waals surface area contributed by atoms with Crippen molar-refractivity contribution in [2.24, 2.45) is 5.10 Å². The number of anilines is 1. The minimum absolute atomic E-state index is 0.511. The number of nitrogens with one attached hydrogen (secondary N) is 3. The summed E-state index contributed by atoms with van der Waals surface area (Å²) in [6.07, 6.45) is 9.98. The molecule has 4 nitrogen and oxygen atoms in total. The Morgan fingerprint density at radius 1 is 0.967 bits per heavy atom. The second-order valence-corrected chi connectivity index (χ2v) is 8.87. The average molecular weight is 417 g/mol. The van der Waals surface area contributed by atoms with Crippen LogP contribution in [-0.2, 0) is 6.42 Å². The second kappa shape index (κ2) is 8.60. The number of thiocarbonyl (C=S) groups is 1. The molecule has 2 aliphatic rings. The van der Waals surface area contributed by atoms with Crippen molar-refractivity contribution >= 4 is 39.6 Å². The molecule has 0 aliphatic heterocycles. The molecule has 0 bridgehead atoms. The van der Waals surface area contributed by atoms with Gasteiger partial charge in [0.25, 0.3) is 0 Å². The van der Waals surface area contributed by atoms with Crippen molar-refractivity contribution in [3.8, 4) is 0 Å². The first kappa shape index (κ1) is 19.3. The quantitative estimate of drug-likeness (QED) is 0.350. The van der Waals surface area contributed by atoms with Gasteiger partial charge in [-0.15, -0.1) is 0 Å². The third kappa shape index (κ3) is 3.99. The normalized spacial score (nSPS) is 18.3. The van der Waals surface area contributed by atoms with Crippen molar-refractivity contribution in [3.63, 3.8) is 0 Å². The average Bonchev–Trinajstić information content (AvgIpc) is 3.17. The van der Waals surface area contributed by atoms with E-state index in [1.165, 1.54) is 59.8 Å². The molecule has 5 rings (SSSR count). The number of nitrogens with zero attached hydrogens (tertiary/aromatic N) is 1. The fourth-order valence-corrected chi connectivity index (χ4v) is 5.09. The van der Waals surface area contributed by atoms with Gasteiger partial charge in [-0.05, 0) is 85.6 Å². The van der Waals surface area contributed by atoms with Gasteiger partial charge in [0, 0.05) is 16.6 Å². The van der Waals surface area contributed by atoms with Crippen molar-refractivity contribution < 1.29 is 0 Å². The molecular formula is C25H28N4S. The Morgan fingerprint density at radius 3 is 2.63 bits per heavy atom. The molecule has 0 amide bonds. The minimum Gasteiger partial charge on any atom is -0.353 e. The molecule has 2 aliphatic carbocycles. The highest BCUT2D eigenvalue weighted by Gasteiger charge is 2.22. The molecule has 5 heteroatoms. The van der Waals surface area contributed by atoms with Crippen molar-refractivity contribution in [1.82, 2.24) is 10.4 Å². The predicted molar refractivity (Wildman–Crippen MR) is 129 cm³/mol. The van der Waals surface area contributed by atoms with E-state index in [1.807, 2.05) is 30.3 Å². The van der Waals surface area contributed by atoms with E-state index in [9.17, 15) is 0 Å². The third-order valence-corrected chi connectivity index (χ3v) is 6.65. The van der Waals surface area contributed by atoms with Crippen LogP contribution in [0.25, 0.3) is 10.9 Å². The van der Waals surface area contributed by atoms with Crippen LogP contribution >= 0.6 is 12.2 Å². The number of aromatic amines is 1. The van der Waals surface area contributed by atoms with Gasteiger partial charge in [-0.1, -0.05) is 43.5 Å². The van der Waals surface area contributed by atoms with E-state index in [0.717, 1.165) is 36.6 Å². The van der Waals surface area contributed by atoms with Gasteiger partial charge in [0.05, 0.1) is 11.4 Å². The lowest BCUT2D eigenvalue weighted by molar-refractivity contribution is 0.444. The third-order valence-electron chi connectivity index (χ3n) is 6.46. The van der Waals surface area contributed by atoms with Gasteiger partial charge in [-0.25, -0.2) is 0 Å². The van der Waals surface area contributed by atoms with Gasteiger partial charge in [0.1, 0.15) is 0 Å². The van der Waals surface area contributed by atoms with Crippen LogP contribution < -0.4 is 10.7 Å². The van der Waals surface area contributed by atoms with Gasteiger partial charge in [-0.2, -0.15) is 5.10 Å². The Balaban J connectivity index is 1.38. The summed E-state index contributed by atoms with van der Waals surface area (Å²) >= 11 is 5.42. The number of aryl methyl sites for hydroxylation is 1. The van der Waals surface area contributed by atoms with Crippen LogP contribution in [0.3, 0.4) is 0 Å². The molecule has 0 atom stereocenters. The highest BCUT2D eigenvalue weighted by molar-refractivity contribution is 7.80. The minimum atomic E-state index is 0.511. The standard InChI is InChI=1S/C25H28N4S/c30-25(26-19-10-5-2-6-11-19)29-28-23-13-7-12-20-21-16-18(17-8-3-1-4-9-17)14-15-22(21)27-24(20)23/h2,5-6,10-11,14-17,27H,1,3-4,7-9,12-13H2,(H2,26,29,30). The monoisotopic (exact) mass is 416 g/mol. The number of rotatable bonds is 3. The summed E-state index contributed by atoms with van der Waals surface area (Å²) in [6, 6.07) is 17.0. The van der Waals surface area contributed by atoms with Crippen molar-refractivity contribution in [1.29, 1.82) is 0 Å². The van der Waals surface area contributed by atoms with Crippen LogP contribution in [0.4, 0.5) is 5.69 Å². The van der Waals surface area contributed by atoms with Gasteiger partial charge in [0.2, 0.25) is 0 Å². The first-order valence-electron chi connectivity index (χ1n) is 11.1. The van der Waals surface area contributed by atoms with Gasteiger partial charge >= 0.3 is 0 Å². The Morgan fingerprint density at radius 2 is 1.80 bits per heavy atom. The van der Waals surface area contributed by atoms with Crippen LogP contribution in [0, 0.1) is 0 Å². The van der Waals surface area contributed by atoms with Crippen molar-refractivity contribution in [3.05, 3.63) is 65.4 Å². The van der Waals surface area contributed by atoms with E-state index in [2.05, 4.69) is 39.0 Å². The molecule has 0 spiro atoms. The second-order valence-electron chi connectivity index (χ2n) is 8.46. The maximum atomic E-state index is 5.42. The van der Waals surface area contributed by atoms with Crippen molar-refractivity contribution in [2.75, 3.05) is 5.32 Å². The zero-order valence-electron chi connectivity index (χ0n) is 17.2. The van der Waals surface area contributed by atoms with Gasteiger partial charge in [0.15, 0.2) is 5.11 Å². The Hall–Kier alpha value is -2.66. The number of fused-ring (bicyclic) bond motifs is 3. The number of H-pyrrole nitrogens is 1.